The largest absolute Gasteiger partial charge is 0.264 e. The van der Waals surface area contributed by atoms with E-state index in [1.165, 1.54) is 66.8 Å². The van der Waals surface area contributed by atoms with Gasteiger partial charge in [-0.25, -0.2) is 9.97 Å². The number of nitrogens with zero attached hydrogens (tertiary/aromatic N) is 3. The second-order valence-corrected chi connectivity index (χ2v) is 13.6. The molecule has 3 heteroatoms. The molecule has 240 valence electrons. The summed E-state index contributed by atoms with van der Waals surface area (Å²) in [5.41, 5.74) is 19.9. The average molecular weight is 652 g/mol. The minimum atomic E-state index is -0.490. The van der Waals surface area contributed by atoms with E-state index >= 15 is 0 Å². The highest BCUT2D eigenvalue weighted by atomic mass is 14.9. The highest BCUT2D eigenvalue weighted by Gasteiger charge is 2.51. The van der Waals surface area contributed by atoms with Crippen LogP contribution >= 0.6 is 0 Å². The molecule has 2 aliphatic rings. The van der Waals surface area contributed by atoms with Crippen LogP contribution in [0, 0.1) is 13.8 Å². The summed E-state index contributed by atoms with van der Waals surface area (Å²) in [6.45, 7) is 4.12. The molecule has 0 aliphatic heterocycles. The molecule has 2 aliphatic carbocycles. The van der Waals surface area contributed by atoms with E-state index in [4.69, 9.17) is 9.97 Å². The maximum absolute atomic E-state index is 4.99. The zero-order valence-electron chi connectivity index (χ0n) is 28.4. The lowest BCUT2D eigenvalue weighted by Gasteiger charge is -2.31. The summed E-state index contributed by atoms with van der Waals surface area (Å²) in [6, 6.07) is 55.4. The van der Waals surface area contributed by atoms with Crippen LogP contribution in [-0.2, 0) is 5.41 Å². The van der Waals surface area contributed by atoms with E-state index in [0.29, 0.717) is 0 Å². The van der Waals surface area contributed by atoms with Gasteiger partial charge in [0.15, 0.2) is 0 Å². The second-order valence-electron chi connectivity index (χ2n) is 13.6. The van der Waals surface area contributed by atoms with Crippen LogP contribution in [0.5, 0.6) is 0 Å². The minimum absolute atomic E-state index is 0.490. The lowest BCUT2D eigenvalue weighted by atomic mass is 9.70. The summed E-state index contributed by atoms with van der Waals surface area (Å²) < 4.78 is 0. The Morgan fingerprint density at radius 1 is 0.392 bits per heavy atom. The number of aryl methyl sites for hydroxylation is 2. The molecule has 2 aromatic heterocycles. The van der Waals surface area contributed by atoms with Crippen LogP contribution in [0.1, 0.15) is 33.6 Å². The summed E-state index contributed by atoms with van der Waals surface area (Å²) in [6.07, 6.45) is 3.84. The first-order valence-electron chi connectivity index (χ1n) is 17.5. The number of aromatic nitrogens is 3. The van der Waals surface area contributed by atoms with Crippen molar-refractivity contribution >= 4 is 0 Å². The molecule has 8 aromatic rings. The summed E-state index contributed by atoms with van der Waals surface area (Å²) in [5.74, 6) is 0.758. The first-order valence-corrected chi connectivity index (χ1v) is 17.5. The molecule has 0 unspecified atom stereocenters. The number of fused-ring (bicyclic) bond motifs is 10. The summed E-state index contributed by atoms with van der Waals surface area (Å²) in [7, 11) is 0. The van der Waals surface area contributed by atoms with E-state index < -0.39 is 5.41 Å². The molecular formula is C48H33N3. The molecule has 51 heavy (non-hydrogen) atoms. The third-order valence-electron chi connectivity index (χ3n) is 10.8. The highest BCUT2D eigenvalue weighted by Crippen LogP contribution is 2.63. The highest BCUT2D eigenvalue weighted by molar-refractivity contribution is 5.97. The van der Waals surface area contributed by atoms with E-state index in [0.717, 1.165) is 33.9 Å². The molecule has 2 heterocycles. The number of hydrogen-bond donors (Lipinski definition) is 0. The van der Waals surface area contributed by atoms with Crippen LogP contribution in [0.25, 0.3) is 67.0 Å². The van der Waals surface area contributed by atoms with E-state index in [2.05, 4.69) is 158 Å². The Bertz CT molecular complexity index is 2630. The average Bonchev–Trinajstić information content (AvgIpc) is 3.65. The van der Waals surface area contributed by atoms with Gasteiger partial charge in [0.05, 0.1) is 16.8 Å². The van der Waals surface area contributed by atoms with E-state index in [-0.39, 0.29) is 0 Å². The zero-order chi connectivity index (χ0) is 34.1. The van der Waals surface area contributed by atoms with E-state index in [1.807, 2.05) is 25.4 Å². The second kappa shape index (κ2) is 11.3. The standard InChI is InChI=1S/C48H33N3/c1-30-29-49-25-24-35(30)37-15-7-6-14-36(37)33-20-22-40-41-23-21-34(47-28-46(50-31(2)51-47)32-12-4-3-5-13-32)27-45(41)48(44(40)26-33)42-18-10-8-16-38(42)39-17-9-11-19-43(39)48/h3-29H,1-2H3. The quantitative estimate of drug-likeness (QED) is 0.190. The van der Waals surface area contributed by atoms with Crippen molar-refractivity contribution < 1.29 is 0 Å². The summed E-state index contributed by atoms with van der Waals surface area (Å²) in [4.78, 5) is 14.2. The van der Waals surface area contributed by atoms with Crippen LogP contribution in [0.4, 0.5) is 0 Å². The van der Waals surface area contributed by atoms with Crippen molar-refractivity contribution in [1.29, 1.82) is 0 Å². The summed E-state index contributed by atoms with van der Waals surface area (Å²) in [5, 5.41) is 0. The van der Waals surface area contributed by atoms with Gasteiger partial charge in [-0.3, -0.25) is 4.98 Å². The van der Waals surface area contributed by atoms with Crippen molar-refractivity contribution in [3.63, 3.8) is 0 Å². The van der Waals surface area contributed by atoms with Gasteiger partial charge in [0.2, 0.25) is 0 Å². The van der Waals surface area contributed by atoms with Crippen molar-refractivity contribution in [2.24, 2.45) is 0 Å². The van der Waals surface area contributed by atoms with Crippen molar-refractivity contribution in [2.75, 3.05) is 0 Å². The number of pyridine rings is 1. The Morgan fingerprint density at radius 2 is 0.922 bits per heavy atom. The summed E-state index contributed by atoms with van der Waals surface area (Å²) >= 11 is 0. The predicted molar refractivity (Wildman–Crippen MR) is 207 cm³/mol. The Kier molecular flexibility index (Phi) is 6.53. The molecular weight excluding hydrogens is 619 g/mol. The lowest BCUT2D eigenvalue weighted by molar-refractivity contribution is 0.794. The normalized spacial score (nSPS) is 13.1. The third kappa shape index (κ3) is 4.34. The predicted octanol–water partition coefficient (Wildman–Crippen LogP) is 11.5. The van der Waals surface area contributed by atoms with Gasteiger partial charge in [-0.05, 0) is 110 Å². The topological polar surface area (TPSA) is 38.7 Å². The van der Waals surface area contributed by atoms with Crippen molar-refractivity contribution in [1.82, 2.24) is 15.0 Å². The lowest BCUT2D eigenvalue weighted by Crippen LogP contribution is -2.26. The van der Waals surface area contributed by atoms with Gasteiger partial charge in [-0.2, -0.15) is 0 Å². The Labute approximate surface area is 298 Å². The van der Waals surface area contributed by atoms with Crippen molar-refractivity contribution in [3.8, 4) is 67.0 Å². The van der Waals surface area contributed by atoms with Crippen molar-refractivity contribution in [2.45, 2.75) is 19.3 Å². The first kappa shape index (κ1) is 29.5. The Morgan fingerprint density at radius 3 is 1.59 bits per heavy atom. The van der Waals surface area contributed by atoms with Gasteiger partial charge in [0.25, 0.3) is 0 Å². The molecule has 10 rings (SSSR count). The zero-order valence-corrected chi connectivity index (χ0v) is 28.4. The van der Waals surface area contributed by atoms with E-state index in [1.54, 1.807) is 0 Å². The van der Waals surface area contributed by atoms with Crippen LogP contribution in [-0.4, -0.2) is 15.0 Å². The fourth-order valence-corrected chi connectivity index (χ4v) is 8.68. The van der Waals surface area contributed by atoms with Crippen molar-refractivity contribution in [3.05, 3.63) is 198 Å². The molecule has 0 fully saturated rings. The molecule has 0 bridgehead atoms. The molecule has 0 N–H and O–H groups in total. The molecule has 1 spiro atoms. The molecule has 3 nitrogen and oxygen atoms in total. The molecule has 0 saturated carbocycles. The van der Waals surface area contributed by atoms with Gasteiger partial charge in [-0.1, -0.05) is 127 Å². The fraction of sp³-hybridized carbons (Fsp3) is 0.0625. The monoisotopic (exact) mass is 651 g/mol. The number of rotatable bonds is 4. The molecule has 0 amide bonds. The Balaban J connectivity index is 1.24. The maximum atomic E-state index is 4.99. The molecule has 0 saturated heterocycles. The van der Waals surface area contributed by atoms with Gasteiger partial charge in [0.1, 0.15) is 5.82 Å². The molecule has 0 radical (unpaired) electrons. The van der Waals surface area contributed by atoms with Gasteiger partial charge >= 0.3 is 0 Å². The number of hydrogen-bond acceptors (Lipinski definition) is 3. The van der Waals surface area contributed by atoms with Crippen LogP contribution < -0.4 is 0 Å². The smallest absolute Gasteiger partial charge is 0.126 e. The van der Waals surface area contributed by atoms with Gasteiger partial charge in [-0.15, -0.1) is 0 Å². The maximum Gasteiger partial charge on any atom is 0.126 e. The SMILES string of the molecule is Cc1nc(-c2ccccc2)cc(-c2ccc3c(c2)C2(c4ccccc4-c4ccccc42)c2cc(-c4ccccc4-c4ccncc4C)ccc2-3)n1. The molecule has 0 atom stereocenters. The van der Waals surface area contributed by atoms with Gasteiger partial charge in [0, 0.05) is 23.5 Å². The van der Waals surface area contributed by atoms with Crippen LogP contribution in [0.15, 0.2) is 164 Å². The minimum Gasteiger partial charge on any atom is -0.264 e. The van der Waals surface area contributed by atoms with E-state index in [9.17, 15) is 0 Å². The fourth-order valence-electron chi connectivity index (χ4n) is 8.68. The van der Waals surface area contributed by atoms with Gasteiger partial charge < -0.3 is 0 Å². The van der Waals surface area contributed by atoms with Crippen LogP contribution in [0.2, 0.25) is 0 Å². The Hall–Kier alpha value is -6.45. The number of benzene rings is 6. The van der Waals surface area contributed by atoms with Crippen LogP contribution in [0.3, 0.4) is 0 Å². The third-order valence-corrected chi connectivity index (χ3v) is 10.8. The molecule has 6 aromatic carbocycles. The first-order chi connectivity index (χ1) is 25.1.